The third-order valence-electron chi connectivity index (χ3n) is 1.90. The standard InChI is InChI=1S/C11H20N4S2.HI/c1-9(2)15-10(12-3)13-5-4-7-16-11-14-6-8-17-11;/h6,8-9H,4-5,7H2,1-3H3,(H2,12,13,15);1H. The molecule has 0 atom stereocenters. The van der Waals surface area contributed by atoms with E-state index in [1.54, 1.807) is 18.4 Å². The van der Waals surface area contributed by atoms with Crippen molar-refractivity contribution in [3.8, 4) is 0 Å². The maximum atomic E-state index is 4.23. The van der Waals surface area contributed by atoms with Gasteiger partial charge in [-0.2, -0.15) is 0 Å². The van der Waals surface area contributed by atoms with Gasteiger partial charge in [-0.15, -0.1) is 35.3 Å². The van der Waals surface area contributed by atoms with E-state index in [1.807, 2.05) is 23.3 Å². The molecule has 4 nitrogen and oxygen atoms in total. The van der Waals surface area contributed by atoms with Gasteiger partial charge in [0, 0.05) is 37.0 Å². The molecule has 1 aromatic heterocycles. The van der Waals surface area contributed by atoms with Gasteiger partial charge in [-0.25, -0.2) is 4.98 Å². The first-order valence-electron chi connectivity index (χ1n) is 5.72. The summed E-state index contributed by atoms with van der Waals surface area (Å²) < 4.78 is 1.15. The van der Waals surface area contributed by atoms with E-state index in [1.165, 1.54) is 0 Å². The van der Waals surface area contributed by atoms with E-state index in [-0.39, 0.29) is 24.0 Å². The Morgan fingerprint density at radius 3 is 2.89 bits per heavy atom. The molecule has 0 aromatic carbocycles. The SMILES string of the molecule is CN=C(NCCCSc1nccs1)NC(C)C.I. The zero-order valence-electron chi connectivity index (χ0n) is 11.0. The second-order valence-corrected chi connectivity index (χ2v) is 6.03. The molecule has 0 saturated carbocycles. The van der Waals surface area contributed by atoms with Crippen LogP contribution < -0.4 is 10.6 Å². The van der Waals surface area contributed by atoms with Gasteiger partial charge in [-0.1, -0.05) is 11.8 Å². The Morgan fingerprint density at radius 1 is 1.56 bits per heavy atom. The summed E-state index contributed by atoms with van der Waals surface area (Å²) in [5.41, 5.74) is 0. The van der Waals surface area contributed by atoms with E-state index in [2.05, 4.69) is 34.5 Å². The van der Waals surface area contributed by atoms with Crippen molar-refractivity contribution in [2.24, 2.45) is 4.99 Å². The predicted molar refractivity (Wildman–Crippen MR) is 92.5 cm³/mol. The number of hydrogen-bond donors (Lipinski definition) is 2. The first kappa shape index (κ1) is 18.0. The zero-order valence-corrected chi connectivity index (χ0v) is 14.9. The van der Waals surface area contributed by atoms with E-state index in [4.69, 9.17) is 0 Å². The Hall–Kier alpha value is -0.0200. The molecule has 0 radical (unpaired) electrons. The number of aliphatic imine (C=N–C) groups is 1. The van der Waals surface area contributed by atoms with Gasteiger partial charge < -0.3 is 10.6 Å². The smallest absolute Gasteiger partial charge is 0.191 e. The first-order valence-corrected chi connectivity index (χ1v) is 7.58. The third kappa shape index (κ3) is 8.15. The first-order chi connectivity index (χ1) is 8.22. The fourth-order valence-corrected chi connectivity index (χ4v) is 2.84. The summed E-state index contributed by atoms with van der Waals surface area (Å²) in [6, 6.07) is 0.408. The summed E-state index contributed by atoms with van der Waals surface area (Å²) in [5.74, 6) is 1.96. The van der Waals surface area contributed by atoms with Crippen molar-refractivity contribution in [2.75, 3.05) is 19.3 Å². The highest BCUT2D eigenvalue weighted by Gasteiger charge is 1.99. The average Bonchev–Trinajstić information content (AvgIpc) is 2.79. The van der Waals surface area contributed by atoms with Gasteiger partial charge in [-0.3, -0.25) is 4.99 Å². The molecule has 1 aromatic rings. The largest absolute Gasteiger partial charge is 0.356 e. The number of nitrogens with zero attached hydrogens (tertiary/aromatic N) is 2. The van der Waals surface area contributed by atoms with Crippen LogP contribution in [-0.4, -0.2) is 36.3 Å². The summed E-state index contributed by atoms with van der Waals surface area (Å²) in [7, 11) is 1.79. The van der Waals surface area contributed by atoms with Gasteiger partial charge in [0.25, 0.3) is 0 Å². The van der Waals surface area contributed by atoms with Crippen molar-refractivity contribution < 1.29 is 0 Å². The lowest BCUT2D eigenvalue weighted by molar-refractivity contribution is 0.696. The highest BCUT2D eigenvalue weighted by Crippen LogP contribution is 2.20. The van der Waals surface area contributed by atoms with Gasteiger partial charge in [0.15, 0.2) is 5.96 Å². The van der Waals surface area contributed by atoms with Crippen LogP contribution in [0.1, 0.15) is 20.3 Å². The van der Waals surface area contributed by atoms with Crippen molar-refractivity contribution in [3.63, 3.8) is 0 Å². The molecule has 0 spiro atoms. The lowest BCUT2D eigenvalue weighted by Gasteiger charge is -2.13. The number of guanidine groups is 1. The minimum Gasteiger partial charge on any atom is -0.356 e. The van der Waals surface area contributed by atoms with E-state index in [9.17, 15) is 0 Å². The normalized spacial score (nSPS) is 11.2. The number of nitrogens with one attached hydrogen (secondary N) is 2. The minimum absolute atomic E-state index is 0. The molecule has 1 heterocycles. The van der Waals surface area contributed by atoms with Crippen LogP contribution in [-0.2, 0) is 0 Å². The van der Waals surface area contributed by atoms with Crippen LogP contribution in [0.15, 0.2) is 20.9 Å². The molecular formula is C11H21IN4S2. The molecule has 2 N–H and O–H groups in total. The fraction of sp³-hybridized carbons (Fsp3) is 0.636. The Bertz CT molecular complexity index is 328. The minimum atomic E-state index is 0. The summed E-state index contributed by atoms with van der Waals surface area (Å²) in [6.45, 7) is 5.14. The second-order valence-electron chi connectivity index (χ2n) is 3.80. The lowest BCUT2D eigenvalue weighted by Crippen LogP contribution is -2.41. The van der Waals surface area contributed by atoms with E-state index in [0.29, 0.717) is 6.04 Å². The number of halogens is 1. The van der Waals surface area contributed by atoms with E-state index >= 15 is 0 Å². The average molecular weight is 400 g/mol. The molecule has 0 bridgehead atoms. The Kier molecular flexibility index (Phi) is 10.8. The Balaban J connectivity index is 0.00000289. The molecule has 0 amide bonds. The quantitative estimate of drug-likeness (QED) is 0.254. The number of aromatic nitrogens is 1. The van der Waals surface area contributed by atoms with Crippen molar-refractivity contribution in [3.05, 3.63) is 11.6 Å². The summed E-state index contributed by atoms with van der Waals surface area (Å²) in [5, 5.41) is 8.55. The molecule has 0 aliphatic heterocycles. The van der Waals surface area contributed by atoms with Crippen LogP contribution in [0.3, 0.4) is 0 Å². The molecule has 0 aliphatic rings. The van der Waals surface area contributed by atoms with E-state index < -0.39 is 0 Å². The molecule has 18 heavy (non-hydrogen) atoms. The van der Waals surface area contributed by atoms with Crippen LogP contribution in [0.2, 0.25) is 0 Å². The molecule has 0 unspecified atom stereocenters. The molecule has 0 fully saturated rings. The maximum absolute atomic E-state index is 4.23. The van der Waals surface area contributed by atoms with Crippen LogP contribution in [0, 0.1) is 0 Å². The maximum Gasteiger partial charge on any atom is 0.191 e. The number of thioether (sulfide) groups is 1. The van der Waals surface area contributed by atoms with Crippen LogP contribution in [0.5, 0.6) is 0 Å². The van der Waals surface area contributed by atoms with Gasteiger partial charge in [0.1, 0.15) is 4.34 Å². The summed E-state index contributed by atoms with van der Waals surface area (Å²) >= 11 is 3.50. The number of hydrogen-bond acceptors (Lipinski definition) is 4. The van der Waals surface area contributed by atoms with Crippen molar-refractivity contribution in [2.45, 2.75) is 30.6 Å². The Labute approximate surface area is 134 Å². The second kappa shape index (κ2) is 10.9. The lowest BCUT2D eigenvalue weighted by atomic mass is 10.4. The van der Waals surface area contributed by atoms with Crippen LogP contribution in [0.25, 0.3) is 0 Å². The zero-order chi connectivity index (χ0) is 12.5. The number of thiazole rings is 1. The monoisotopic (exact) mass is 400 g/mol. The van der Waals surface area contributed by atoms with Gasteiger partial charge >= 0.3 is 0 Å². The summed E-state index contributed by atoms with van der Waals surface area (Å²) in [4.78, 5) is 8.38. The molecular weight excluding hydrogens is 379 g/mol. The van der Waals surface area contributed by atoms with Crippen LogP contribution in [0.4, 0.5) is 0 Å². The molecule has 0 saturated heterocycles. The third-order valence-corrected chi connectivity index (χ3v) is 3.95. The highest BCUT2D eigenvalue weighted by atomic mass is 127. The molecule has 0 aliphatic carbocycles. The summed E-state index contributed by atoms with van der Waals surface area (Å²) in [6.07, 6.45) is 2.95. The van der Waals surface area contributed by atoms with Crippen molar-refractivity contribution in [1.29, 1.82) is 0 Å². The highest BCUT2D eigenvalue weighted by molar-refractivity contribution is 14.0. The van der Waals surface area contributed by atoms with Crippen LogP contribution >= 0.6 is 47.1 Å². The number of rotatable bonds is 6. The topological polar surface area (TPSA) is 49.3 Å². The molecule has 1 rings (SSSR count). The van der Waals surface area contributed by atoms with Gasteiger partial charge in [-0.05, 0) is 20.3 Å². The van der Waals surface area contributed by atoms with Gasteiger partial charge in [0.2, 0.25) is 0 Å². The fourth-order valence-electron chi connectivity index (χ4n) is 1.19. The van der Waals surface area contributed by atoms with E-state index in [0.717, 1.165) is 29.0 Å². The van der Waals surface area contributed by atoms with Crippen molar-refractivity contribution in [1.82, 2.24) is 15.6 Å². The molecule has 7 heteroatoms. The van der Waals surface area contributed by atoms with Gasteiger partial charge in [0.05, 0.1) is 0 Å². The molecule has 104 valence electrons. The Morgan fingerprint density at radius 2 is 2.33 bits per heavy atom. The van der Waals surface area contributed by atoms with Crippen molar-refractivity contribution >= 4 is 53.0 Å². The predicted octanol–water partition coefficient (Wildman–Crippen LogP) is 2.82.